The van der Waals surface area contributed by atoms with E-state index in [0.717, 1.165) is 67.3 Å². The molecule has 0 bridgehead atoms. The van der Waals surface area contributed by atoms with Crippen LogP contribution in [-0.2, 0) is 6.42 Å². The van der Waals surface area contributed by atoms with Gasteiger partial charge in [0.15, 0.2) is 0 Å². The molecular weight excluding hydrogens is 448 g/mol. The minimum absolute atomic E-state index is 0.121. The standard InChI is InChI=1S/C29H30N6O/c1-20-3-4-23(17-21(20)5-8-25-19-31-29-30-11-12-35(25)29)28(36)32-24-7-9-26-22(18-24)6-10-27(26)34-15-13-33(2)14-16-34/h3-4,7,9,11-12,17-19,27H,6,10,13-16H2,1-2H3,(H,30,31)(H,32,36). The Bertz CT molecular complexity index is 1490. The summed E-state index contributed by atoms with van der Waals surface area (Å²) in [6, 6.07) is 12.6. The van der Waals surface area contributed by atoms with Gasteiger partial charge in [-0.2, -0.15) is 0 Å². The summed E-state index contributed by atoms with van der Waals surface area (Å²) in [5, 5.41) is 3.10. The number of rotatable bonds is 3. The number of imidazole rings is 2. The van der Waals surface area contributed by atoms with E-state index in [0.29, 0.717) is 11.6 Å². The van der Waals surface area contributed by atoms with Crippen molar-refractivity contribution < 1.29 is 4.79 Å². The zero-order valence-electron chi connectivity index (χ0n) is 20.7. The molecule has 6 rings (SSSR count). The zero-order valence-corrected chi connectivity index (χ0v) is 20.7. The number of benzene rings is 2. The van der Waals surface area contributed by atoms with Gasteiger partial charge in [0, 0.05) is 61.4 Å². The highest BCUT2D eigenvalue weighted by molar-refractivity contribution is 6.04. The van der Waals surface area contributed by atoms with Crippen LogP contribution in [0.4, 0.5) is 5.69 Å². The Balaban J connectivity index is 1.17. The number of carbonyl (C=O) groups excluding carboxylic acids is 1. The summed E-state index contributed by atoms with van der Waals surface area (Å²) in [6.07, 6.45) is 7.68. The average molecular weight is 479 g/mol. The van der Waals surface area contributed by atoms with Gasteiger partial charge in [0.1, 0.15) is 5.69 Å². The predicted molar refractivity (Wildman–Crippen MR) is 141 cm³/mol. The number of hydrogen-bond acceptors (Lipinski definition) is 4. The van der Waals surface area contributed by atoms with Gasteiger partial charge in [0.25, 0.3) is 5.91 Å². The number of aryl methyl sites for hydroxylation is 2. The molecule has 2 aliphatic rings. The number of nitrogens with zero attached hydrogens (tertiary/aromatic N) is 4. The van der Waals surface area contributed by atoms with Crippen LogP contribution in [0, 0.1) is 18.8 Å². The van der Waals surface area contributed by atoms with Crippen molar-refractivity contribution in [3.8, 4) is 11.8 Å². The Morgan fingerprint density at radius 3 is 2.83 bits per heavy atom. The van der Waals surface area contributed by atoms with Crippen LogP contribution in [0.3, 0.4) is 0 Å². The number of piperazine rings is 1. The lowest BCUT2D eigenvalue weighted by molar-refractivity contribution is 0.102. The smallest absolute Gasteiger partial charge is 0.255 e. The number of carbonyl (C=O) groups is 1. The van der Waals surface area contributed by atoms with E-state index in [4.69, 9.17) is 0 Å². The maximum atomic E-state index is 13.1. The summed E-state index contributed by atoms with van der Waals surface area (Å²) in [6.45, 7) is 6.50. The molecule has 1 aliphatic heterocycles. The molecule has 4 aromatic rings. The molecule has 3 heterocycles. The second kappa shape index (κ2) is 9.30. The number of likely N-dealkylation sites (N-methyl/N-ethyl adjacent to an activating group) is 1. The molecule has 0 saturated carbocycles. The molecule has 1 amide bonds. The van der Waals surface area contributed by atoms with Crippen molar-refractivity contribution >= 4 is 17.4 Å². The van der Waals surface area contributed by atoms with Crippen LogP contribution in [0.25, 0.3) is 5.78 Å². The number of anilines is 1. The molecule has 1 fully saturated rings. The molecule has 7 heteroatoms. The quantitative estimate of drug-likeness (QED) is 0.439. The molecule has 1 unspecified atom stereocenters. The summed E-state index contributed by atoms with van der Waals surface area (Å²) < 4.78 is 1.90. The van der Waals surface area contributed by atoms with Crippen LogP contribution in [0.15, 0.2) is 55.0 Å². The molecule has 7 nitrogen and oxygen atoms in total. The fourth-order valence-electron chi connectivity index (χ4n) is 5.32. The van der Waals surface area contributed by atoms with E-state index in [1.54, 1.807) is 6.20 Å². The Kier molecular flexibility index (Phi) is 5.84. The van der Waals surface area contributed by atoms with Crippen LogP contribution in [0.2, 0.25) is 0 Å². The van der Waals surface area contributed by atoms with Gasteiger partial charge in [-0.15, -0.1) is 0 Å². The summed E-state index contributed by atoms with van der Waals surface area (Å²) >= 11 is 0. The number of amides is 1. The van der Waals surface area contributed by atoms with Crippen molar-refractivity contribution in [2.24, 2.45) is 0 Å². The van der Waals surface area contributed by atoms with Crippen LogP contribution in [0.5, 0.6) is 0 Å². The van der Waals surface area contributed by atoms with Gasteiger partial charge in [-0.05, 0) is 73.7 Å². The van der Waals surface area contributed by atoms with Gasteiger partial charge in [-0.1, -0.05) is 18.1 Å². The fourth-order valence-corrected chi connectivity index (χ4v) is 5.32. The number of nitrogens with one attached hydrogen (secondary N) is 2. The van der Waals surface area contributed by atoms with Crippen molar-refractivity contribution in [3.05, 3.63) is 88.5 Å². The van der Waals surface area contributed by atoms with E-state index >= 15 is 0 Å². The van der Waals surface area contributed by atoms with Crippen LogP contribution in [0.1, 0.15) is 50.8 Å². The summed E-state index contributed by atoms with van der Waals surface area (Å²) in [7, 11) is 2.19. The van der Waals surface area contributed by atoms with Crippen molar-refractivity contribution in [1.82, 2.24) is 24.2 Å². The predicted octanol–water partition coefficient (Wildman–Crippen LogP) is 3.86. The first-order chi connectivity index (χ1) is 17.5. The number of hydrogen-bond donors (Lipinski definition) is 2. The van der Waals surface area contributed by atoms with E-state index < -0.39 is 0 Å². The second-order valence-electron chi connectivity index (χ2n) is 9.84. The minimum atomic E-state index is -0.121. The first-order valence-corrected chi connectivity index (χ1v) is 12.5. The molecular formula is C29H30N6O. The van der Waals surface area contributed by atoms with Gasteiger partial charge in [0.2, 0.25) is 5.78 Å². The number of H-pyrrole nitrogens is 1. The molecule has 1 aliphatic carbocycles. The molecule has 2 N–H and O–H groups in total. The third kappa shape index (κ3) is 4.30. The van der Waals surface area contributed by atoms with Gasteiger partial charge in [-0.3, -0.25) is 14.1 Å². The lowest BCUT2D eigenvalue weighted by atomic mass is 10.0. The second-order valence-corrected chi connectivity index (χ2v) is 9.84. The maximum Gasteiger partial charge on any atom is 0.255 e. The third-order valence-corrected chi connectivity index (χ3v) is 7.48. The van der Waals surface area contributed by atoms with Gasteiger partial charge >= 0.3 is 0 Å². The van der Waals surface area contributed by atoms with Crippen LogP contribution >= 0.6 is 0 Å². The molecule has 0 spiro atoms. The highest BCUT2D eigenvalue weighted by atomic mass is 16.1. The lowest BCUT2D eigenvalue weighted by Gasteiger charge is -2.36. The van der Waals surface area contributed by atoms with Crippen LogP contribution in [-0.4, -0.2) is 63.3 Å². The highest BCUT2D eigenvalue weighted by Crippen LogP contribution is 2.37. The number of aromatic nitrogens is 3. The zero-order chi connectivity index (χ0) is 24.6. The fraction of sp³-hybridized carbons (Fsp3) is 0.310. The minimum Gasteiger partial charge on any atom is -0.330 e. The van der Waals surface area contributed by atoms with E-state index in [-0.39, 0.29) is 5.91 Å². The summed E-state index contributed by atoms with van der Waals surface area (Å²) in [5.74, 6) is 7.03. The van der Waals surface area contributed by atoms with Crippen molar-refractivity contribution in [2.75, 3.05) is 38.5 Å². The lowest BCUT2D eigenvalue weighted by Crippen LogP contribution is -2.45. The van der Waals surface area contributed by atoms with E-state index in [9.17, 15) is 4.79 Å². The van der Waals surface area contributed by atoms with Gasteiger partial charge < -0.3 is 15.2 Å². The Hall–Kier alpha value is -3.86. The Labute approximate surface area is 211 Å². The molecule has 2 aromatic heterocycles. The largest absolute Gasteiger partial charge is 0.330 e. The average Bonchev–Trinajstić information content (AvgIpc) is 3.60. The maximum absolute atomic E-state index is 13.1. The monoisotopic (exact) mass is 478 g/mol. The topological polar surface area (TPSA) is 68.7 Å². The highest BCUT2D eigenvalue weighted by Gasteiger charge is 2.29. The Morgan fingerprint density at radius 1 is 1.11 bits per heavy atom. The molecule has 1 saturated heterocycles. The molecule has 36 heavy (non-hydrogen) atoms. The van der Waals surface area contributed by atoms with Crippen molar-refractivity contribution in [3.63, 3.8) is 0 Å². The van der Waals surface area contributed by atoms with Gasteiger partial charge in [0.05, 0.1) is 6.20 Å². The summed E-state index contributed by atoms with van der Waals surface area (Å²) in [4.78, 5) is 25.5. The first kappa shape index (κ1) is 22.6. The summed E-state index contributed by atoms with van der Waals surface area (Å²) in [5.41, 5.74) is 6.87. The number of fused-ring (bicyclic) bond motifs is 2. The normalized spacial score (nSPS) is 18.1. The van der Waals surface area contributed by atoms with Crippen molar-refractivity contribution in [2.45, 2.75) is 25.8 Å². The SMILES string of the molecule is Cc1ccc(C(=O)Nc2ccc3c(c2)CCC3N2CCN(C)CC2)cc1C#Cc1cnc2[nH]ccn12. The molecule has 182 valence electrons. The third-order valence-electron chi connectivity index (χ3n) is 7.48. The van der Waals surface area contributed by atoms with E-state index in [2.05, 4.69) is 56.1 Å². The van der Waals surface area contributed by atoms with Crippen molar-refractivity contribution in [1.29, 1.82) is 0 Å². The van der Waals surface area contributed by atoms with E-state index in [1.807, 2.05) is 48.0 Å². The number of aromatic amines is 1. The van der Waals surface area contributed by atoms with E-state index in [1.165, 1.54) is 11.1 Å². The van der Waals surface area contributed by atoms with Crippen LogP contribution < -0.4 is 5.32 Å². The molecule has 2 aromatic carbocycles. The molecule has 1 atom stereocenters. The Morgan fingerprint density at radius 2 is 1.97 bits per heavy atom. The molecule has 0 radical (unpaired) electrons. The van der Waals surface area contributed by atoms with Gasteiger partial charge in [-0.25, -0.2) is 4.98 Å². The first-order valence-electron chi connectivity index (χ1n) is 12.5.